The minimum absolute atomic E-state index is 0.204. The highest BCUT2D eigenvalue weighted by Crippen LogP contribution is 2.29. The number of halogens is 2. The van der Waals surface area contributed by atoms with Gasteiger partial charge in [0.05, 0.1) is 15.7 Å². The van der Waals surface area contributed by atoms with E-state index in [1.54, 1.807) is 18.2 Å². The molecule has 1 atom stereocenters. The highest BCUT2D eigenvalue weighted by molar-refractivity contribution is 6.39. The molecule has 26 heavy (non-hydrogen) atoms. The van der Waals surface area contributed by atoms with Crippen LogP contribution >= 0.6 is 23.2 Å². The van der Waals surface area contributed by atoms with Gasteiger partial charge in [-0.1, -0.05) is 60.5 Å². The van der Waals surface area contributed by atoms with E-state index in [-0.39, 0.29) is 6.42 Å². The van der Waals surface area contributed by atoms with Gasteiger partial charge in [-0.25, -0.2) is 0 Å². The summed E-state index contributed by atoms with van der Waals surface area (Å²) in [6.07, 6.45) is 0.797. The maximum atomic E-state index is 12.2. The zero-order valence-electron chi connectivity index (χ0n) is 14.7. The third-order valence-electron chi connectivity index (χ3n) is 3.94. The third-order valence-corrected chi connectivity index (χ3v) is 4.57. The molecule has 2 aromatic rings. The predicted molar refractivity (Wildman–Crippen MR) is 105 cm³/mol. The Bertz CT molecular complexity index is 755. The van der Waals surface area contributed by atoms with Gasteiger partial charge in [-0.3, -0.25) is 9.59 Å². The number of carbonyl (C=O) groups is 2. The van der Waals surface area contributed by atoms with Crippen molar-refractivity contribution in [3.8, 4) is 0 Å². The van der Waals surface area contributed by atoms with Gasteiger partial charge in [-0.05, 0) is 43.0 Å². The van der Waals surface area contributed by atoms with Crippen LogP contribution in [-0.4, -0.2) is 18.0 Å². The number of aryl methyl sites for hydroxylation is 2. The summed E-state index contributed by atoms with van der Waals surface area (Å²) in [6.45, 7) is 3.60. The monoisotopic (exact) mass is 393 g/mol. The Balaban J connectivity index is 1.84. The van der Waals surface area contributed by atoms with E-state index in [4.69, 9.17) is 27.9 Å². The van der Waals surface area contributed by atoms with E-state index < -0.39 is 18.0 Å². The largest absolute Gasteiger partial charge is 0.453 e. The van der Waals surface area contributed by atoms with Crippen molar-refractivity contribution in [2.75, 3.05) is 5.32 Å². The summed E-state index contributed by atoms with van der Waals surface area (Å²) in [6, 6.07) is 13.0. The van der Waals surface area contributed by atoms with Crippen LogP contribution in [0.15, 0.2) is 42.5 Å². The zero-order valence-corrected chi connectivity index (χ0v) is 16.2. The number of amides is 1. The highest BCUT2D eigenvalue weighted by Gasteiger charge is 2.19. The van der Waals surface area contributed by atoms with E-state index >= 15 is 0 Å². The normalized spacial score (nSPS) is 11.7. The number of carbonyl (C=O) groups excluding carboxylic acids is 2. The Morgan fingerprint density at radius 1 is 1.04 bits per heavy atom. The van der Waals surface area contributed by atoms with E-state index in [1.807, 2.05) is 24.3 Å². The van der Waals surface area contributed by atoms with E-state index in [0.29, 0.717) is 22.2 Å². The molecule has 1 N–H and O–H groups in total. The van der Waals surface area contributed by atoms with E-state index in [2.05, 4.69) is 12.2 Å². The number of hydrogen-bond donors (Lipinski definition) is 1. The summed E-state index contributed by atoms with van der Waals surface area (Å²) in [5.41, 5.74) is 2.61. The lowest BCUT2D eigenvalue weighted by atomic mass is 10.1. The van der Waals surface area contributed by atoms with E-state index in [9.17, 15) is 9.59 Å². The predicted octanol–water partition coefficient (Wildman–Crippen LogP) is 5.06. The van der Waals surface area contributed by atoms with Crippen molar-refractivity contribution >= 4 is 40.8 Å². The van der Waals surface area contributed by atoms with Gasteiger partial charge in [-0.15, -0.1) is 0 Å². The molecule has 138 valence electrons. The fourth-order valence-electron chi connectivity index (χ4n) is 2.34. The van der Waals surface area contributed by atoms with Gasteiger partial charge in [0.15, 0.2) is 6.10 Å². The van der Waals surface area contributed by atoms with Crippen LogP contribution in [0.2, 0.25) is 10.0 Å². The molecule has 0 fully saturated rings. The van der Waals surface area contributed by atoms with Crippen LogP contribution in [-0.2, 0) is 27.2 Å². The smallest absolute Gasteiger partial charge is 0.306 e. The van der Waals surface area contributed by atoms with Crippen LogP contribution in [0, 0.1) is 0 Å². The molecule has 6 heteroatoms. The van der Waals surface area contributed by atoms with Gasteiger partial charge in [0.1, 0.15) is 0 Å². The molecular formula is C20H21Cl2NO3. The van der Waals surface area contributed by atoms with Gasteiger partial charge in [-0.2, -0.15) is 0 Å². The minimum atomic E-state index is -0.947. The molecule has 0 saturated carbocycles. The second kappa shape index (κ2) is 9.60. The summed E-state index contributed by atoms with van der Waals surface area (Å²) in [5.74, 6) is -0.918. The van der Waals surface area contributed by atoms with Gasteiger partial charge in [0.2, 0.25) is 0 Å². The third kappa shape index (κ3) is 5.75. The lowest BCUT2D eigenvalue weighted by molar-refractivity contribution is -0.153. The number of para-hydroxylation sites is 1. The Hall–Kier alpha value is -2.04. The molecule has 0 saturated heterocycles. The Labute approximate surface area is 163 Å². The van der Waals surface area contributed by atoms with Crippen molar-refractivity contribution in [1.29, 1.82) is 0 Å². The number of rotatable bonds is 7. The molecule has 0 unspecified atom stereocenters. The summed E-state index contributed by atoms with van der Waals surface area (Å²) in [7, 11) is 0. The van der Waals surface area contributed by atoms with Gasteiger partial charge < -0.3 is 10.1 Å². The molecule has 2 aromatic carbocycles. The second-order valence-corrected chi connectivity index (χ2v) is 6.70. The fraction of sp³-hybridized carbons (Fsp3) is 0.300. The maximum Gasteiger partial charge on any atom is 0.306 e. The average molecular weight is 394 g/mol. The van der Waals surface area contributed by atoms with Crippen molar-refractivity contribution in [2.45, 2.75) is 39.2 Å². The fourth-order valence-corrected chi connectivity index (χ4v) is 2.83. The number of esters is 1. The number of benzene rings is 2. The number of hydrogen-bond acceptors (Lipinski definition) is 3. The van der Waals surface area contributed by atoms with Crippen LogP contribution in [0.1, 0.15) is 31.4 Å². The Kier molecular flexibility index (Phi) is 7.49. The molecule has 2 rings (SSSR count). The SMILES string of the molecule is CCc1ccc(CCC(=O)O[C@H](C)C(=O)Nc2c(Cl)cccc2Cl)cc1. The number of anilines is 1. The zero-order chi connectivity index (χ0) is 19.1. The molecular weight excluding hydrogens is 373 g/mol. The van der Waals surface area contributed by atoms with Gasteiger partial charge in [0, 0.05) is 6.42 Å². The van der Waals surface area contributed by atoms with Gasteiger partial charge in [0.25, 0.3) is 5.91 Å². The summed E-state index contributed by atoms with van der Waals surface area (Å²) < 4.78 is 5.19. The van der Waals surface area contributed by atoms with Crippen molar-refractivity contribution in [1.82, 2.24) is 0 Å². The van der Waals surface area contributed by atoms with Crippen molar-refractivity contribution in [3.05, 3.63) is 63.6 Å². The van der Waals surface area contributed by atoms with Crippen molar-refractivity contribution in [2.24, 2.45) is 0 Å². The lowest BCUT2D eigenvalue weighted by Gasteiger charge is -2.15. The van der Waals surface area contributed by atoms with Crippen LogP contribution < -0.4 is 5.32 Å². The molecule has 0 aliphatic carbocycles. The molecule has 0 aliphatic heterocycles. The lowest BCUT2D eigenvalue weighted by Crippen LogP contribution is -2.30. The molecule has 0 heterocycles. The molecule has 0 bridgehead atoms. The Morgan fingerprint density at radius 2 is 1.62 bits per heavy atom. The quantitative estimate of drug-likeness (QED) is 0.668. The summed E-state index contributed by atoms with van der Waals surface area (Å²) >= 11 is 12.0. The molecule has 1 amide bonds. The summed E-state index contributed by atoms with van der Waals surface area (Å²) in [4.78, 5) is 24.2. The average Bonchev–Trinajstić information content (AvgIpc) is 2.63. The van der Waals surface area contributed by atoms with Crippen molar-refractivity contribution in [3.63, 3.8) is 0 Å². The minimum Gasteiger partial charge on any atom is -0.453 e. The molecule has 0 aromatic heterocycles. The first-order chi connectivity index (χ1) is 12.4. The van der Waals surface area contributed by atoms with Gasteiger partial charge >= 0.3 is 5.97 Å². The van der Waals surface area contributed by atoms with E-state index in [0.717, 1.165) is 12.0 Å². The second-order valence-electron chi connectivity index (χ2n) is 5.89. The first-order valence-corrected chi connectivity index (χ1v) is 9.18. The molecule has 0 aliphatic rings. The Morgan fingerprint density at radius 3 is 2.19 bits per heavy atom. The highest BCUT2D eigenvalue weighted by atomic mass is 35.5. The first-order valence-electron chi connectivity index (χ1n) is 8.43. The topological polar surface area (TPSA) is 55.4 Å². The van der Waals surface area contributed by atoms with Crippen molar-refractivity contribution < 1.29 is 14.3 Å². The first kappa shape index (κ1) is 20.3. The van der Waals surface area contributed by atoms with Crippen LogP contribution in [0.25, 0.3) is 0 Å². The standard InChI is InChI=1S/C20H21Cl2NO3/c1-3-14-7-9-15(10-8-14)11-12-18(24)26-13(2)20(25)23-19-16(21)5-4-6-17(19)22/h4-10,13H,3,11-12H2,1-2H3,(H,23,25)/t13-/m1/s1. The van der Waals surface area contributed by atoms with E-state index in [1.165, 1.54) is 12.5 Å². The van der Waals surface area contributed by atoms with Crippen LogP contribution in [0.5, 0.6) is 0 Å². The van der Waals surface area contributed by atoms with Crippen LogP contribution in [0.4, 0.5) is 5.69 Å². The molecule has 0 radical (unpaired) electrons. The number of ether oxygens (including phenoxy) is 1. The maximum absolute atomic E-state index is 12.2. The van der Waals surface area contributed by atoms with Crippen LogP contribution in [0.3, 0.4) is 0 Å². The molecule has 0 spiro atoms. The molecule has 4 nitrogen and oxygen atoms in total. The summed E-state index contributed by atoms with van der Waals surface area (Å²) in [5, 5.41) is 3.23. The number of nitrogens with one attached hydrogen (secondary N) is 1.